The van der Waals surface area contributed by atoms with Crippen molar-refractivity contribution < 1.29 is 0 Å². The highest BCUT2D eigenvalue weighted by Gasteiger charge is 2.45. The summed E-state index contributed by atoms with van der Waals surface area (Å²) < 4.78 is 0. The molecule has 1 aliphatic heterocycles. The van der Waals surface area contributed by atoms with Crippen molar-refractivity contribution in [2.45, 2.75) is 90.6 Å². The molecule has 0 saturated heterocycles. The number of hydrogen-bond acceptors (Lipinski definition) is 2. The van der Waals surface area contributed by atoms with E-state index in [1.54, 1.807) is 0 Å². The number of hydrogen-bond donors (Lipinski definition) is 1. The first-order chi connectivity index (χ1) is 37.2. The molecule has 2 nitrogen and oxygen atoms in total. The summed E-state index contributed by atoms with van der Waals surface area (Å²) in [5, 5.41) is 14.6. The lowest BCUT2D eigenvalue weighted by atomic mass is 9.79. The Balaban J connectivity index is 1.02. The van der Waals surface area contributed by atoms with Gasteiger partial charge in [-0.2, -0.15) is 0 Å². The summed E-state index contributed by atoms with van der Waals surface area (Å²) in [6, 6.07) is 81.6. The van der Waals surface area contributed by atoms with Gasteiger partial charge < -0.3 is 10.2 Å². The topological polar surface area (TPSA) is 15.3 Å². The normalized spacial score (nSPS) is 16.4. The quantitative estimate of drug-likeness (QED) is 0.0927. The second-order valence-corrected chi connectivity index (χ2v) is 28.2. The van der Waals surface area contributed by atoms with Gasteiger partial charge in [0.05, 0.1) is 11.4 Å². The second kappa shape index (κ2) is 18.4. The van der Waals surface area contributed by atoms with Gasteiger partial charge in [-0.25, -0.2) is 0 Å². The summed E-state index contributed by atoms with van der Waals surface area (Å²) >= 11 is 0. The van der Waals surface area contributed by atoms with Crippen molar-refractivity contribution in [3.63, 3.8) is 0 Å². The average molecular weight is 1010 g/mol. The molecule has 2 atom stereocenters. The van der Waals surface area contributed by atoms with E-state index in [1.807, 2.05) is 0 Å². The highest BCUT2D eigenvalue weighted by Crippen LogP contribution is 2.51. The number of nitrogens with zero attached hydrogens (tertiary/aromatic N) is 1. The minimum Gasteiger partial charge on any atom is -0.359 e. The van der Waals surface area contributed by atoms with E-state index in [1.165, 1.54) is 109 Å². The molecule has 3 aliphatic rings. The van der Waals surface area contributed by atoms with E-state index in [9.17, 15) is 0 Å². The van der Waals surface area contributed by atoms with Crippen LogP contribution in [0.3, 0.4) is 0 Å². The van der Waals surface area contributed by atoms with Crippen LogP contribution >= 0.6 is 0 Å². The summed E-state index contributed by atoms with van der Waals surface area (Å²) in [4.78, 5) is 2.45. The third kappa shape index (κ3) is 7.96. The van der Waals surface area contributed by atoms with Crippen LogP contribution in [0.4, 0.5) is 17.1 Å². The Morgan fingerprint density at radius 1 is 0.481 bits per heavy atom. The molecule has 0 amide bonds. The maximum atomic E-state index is 3.84. The van der Waals surface area contributed by atoms with Gasteiger partial charge in [0.25, 0.3) is 0 Å². The Kier molecular flexibility index (Phi) is 11.6. The third-order valence-corrected chi connectivity index (χ3v) is 22.2. The Morgan fingerprint density at radius 3 is 1.65 bits per heavy atom. The summed E-state index contributed by atoms with van der Waals surface area (Å²) in [5.74, 6) is 0. The molecule has 2 aliphatic carbocycles. The van der Waals surface area contributed by atoms with Crippen molar-refractivity contribution in [2.75, 3.05) is 10.2 Å². The summed E-state index contributed by atoms with van der Waals surface area (Å²) in [6.07, 6.45) is 9.54. The zero-order valence-electron chi connectivity index (χ0n) is 45.9. The van der Waals surface area contributed by atoms with Gasteiger partial charge in [-0.1, -0.05) is 250 Å². The lowest BCUT2D eigenvalue weighted by Gasteiger charge is -2.36. The zero-order valence-corrected chi connectivity index (χ0v) is 46.9. The number of anilines is 3. The van der Waals surface area contributed by atoms with Gasteiger partial charge in [0, 0.05) is 11.1 Å². The van der Waals surface area contributed by atoms with Crippen LogP contribution < -0.4 is 25.8 Å². The van der Waals surface area contributed by atoms with E-state index in [0.717, 1.165) is 24.2 Å². The molecule has 0 spiro atoms. The monoisotopic (exact) mass is 1010 g/mol. The van der Waals surface area contributed by atoms with Crippen LogP contribution in [-0.4, -0.2) is 8.07 Å². The van der Waals surface area contributed by atoms with Crippen LogP contribution in [0.5, 0.6) is 0 Å². The molecule has 10 aromatic rings. The number of benzene rings is 10. The highest BCUT2D eigenvalue weighted by atomic mass is 28.3. The molecule has 378 valence electrons. The second-order valence-electron chi connectivity index (χ2n) is 24.4. The van der Waals surface area contributed by atoms with Crippen molar-refractivity contribution in [3.05, 3.63) is 264 Å². The van der Waals surface area contributed by atoms with Gasteiger partial charge in [-0.3, -0.25) is 0 Å². The van der Waals surface area contributed by atoms with Crippen LogP contribution in [-0.2, 0) is 16.2 Å². The summed E-state index contributed by atoms with van der Waals surface area (Å²) in [5.41, 5.74) is 17.8. The Hall–Kier alpha value is -7.98. The maximum Gasteiger partial charge on any atom is 0.179 e. The number of fused-ring (bicyclic) bond motifs is 6. The molecular formula is C74H68N2Si. The van der Waals surface area contributed by atoms with Gasteiger partial charge in [0.1, 0.15) is 6.17 Å². The number of allylic oxidation sites excluding steroid dienone is 4. The van der Waals surface area contributed by atoms with Crippen LogP contribution in [0.2, 0.25) is 0 Å². The molecule has 1 heterocycles. The van der Waals surface area contributed by atoms with Crippen LogP contribution in [0.25, 0.3) is 54.9 Å². The fraction of sp³-hybridized carbons (Fsp3) is 0.189. The van der Waals surface area contributed by atoms with Crippen molar-refractivity contribution in [3.8, 4) is 33.4 Å². The lowest BCUT2D eigenvalue weighted by Crippen LogP contribution is -2.68. The van der Waals surface area contributed by atoms with E-state index >= 15 is 0 Å². The number of nitrogens with one attached hydrogen (secondary N) is 1. The summed E-state index contributed by atoms with van der Waals surface area (Å²) in [6.45, 7) is 18.8. The Morgan fingerprint density at radius 2 is 1.03 bits per heavy atom. The van der Waals surface area contributed by atoms with E-state index in [2.05, 4.69) is 296 Å². The summed E-state index contributed by atoms with van der Waals surface area (Å²) in [7, 11) is -2.87. The maximum absolute atomic E-state index is 3.84. The minimum atomic E-state index is -2.87. The molecule has 0 bridgehead atoms. The van der Waals surface area contributed by atoms with Gasteiger partial charge in [0.15, 0.2) is 8.07 Å². The average Bonchev–Trinajstić information content (AvgIpc) is 4.09. The van der Waals surface area contributed by atoms with E-state index in [4.69, 9.17) is 0 Å². The fourth-order valence-electron chi connectivity index (χ4n) is 13.3. The Labute approximate surface area is 457 Å². The van der Waals surface area contributed by atoms with Crippen LogP contribution in [0.1, 0.15) is 102 Å². The van der Waals surface area contributed by atoms with Gasteiger partial charge in [0.2, 0.25) is 0 Å². The van der Waals surface area contributed by atoms with Gasteiger partial charge >= 0.3 is 0 Å². The molecule has 0 fully saturated rings. The SMILES string of the molecule is CC(C)(C)c1ccc2c(-c3ccc([Si](C4=CCCC=C4)(c4ccccc4)c4ccc5c(c4)-c4ccccc4C5(C)C)cc3)c3cc(C(C)(C)C)ccc3c(-c3ccc(N4c5ccccc5NC4c4ccccc4)cc3)c2c1. The van der Waals surface area contributed by atoms with Crippen molar-refractivity contribution in [1.29, 1.82) is 0 Å². The van der Waals surface area contributed by atoms with E-state index in [0.29, 0.717) is 0 Å². The number of rotatable bonds is 8. The molecule has 13 rings (SSSR count). The molecule has 2 unspecified atom stereocenters. The molecule has 10 aromatic carbocycles. The molecule has 3 heteroatoms. The molecule has 0 radical (unpaired) electrons. The highest BCUT2D eigenvalue weighted by molar-refractivity contribution is 7.16. The van der Waals surface area contributed by atoms with Crippen molar-refractivity contribution >= 4 is 62.2 Å². The molecule has 77 heavy (non-hydrogen) atoms. The van der Waals surface area contributed by atoms with Crippen LogP contribution in [0, 0.1) is 0 Å². The van der Waals surface area contributed by atoms with Crippen molar-refractivity contribution in [2.24, 2.45) is 0 Å². The van der Waals surface area contributed by atoms with Crippen LogP contribution in [0.15, 0.2) is 236 Å². The predicted octanol–water partition coefficient (Wildman–Crippen LogP) is 17.8. The lowest BCUT2D eigenvalue weighted by molar-refractivity contribution is 0.590. The van der Waals surface area contributed by atoms with Gasteiger partial charge in [-0.05, 0) is 164 Å². The zero-order chi connectivity index (χ0) is 52.8. The fourth-order valence-corrected chi connectivity index (χ4v) is 18.2. The van der Waals surface area contributed by atoms with E-state index in [-0.39, 0.29) is 22.4 Å². The Bertz CT molecular complexity index is 3980. The molecular weight excluding hydrogens is 945 g/mol. The van der Waals surface area contributed by atoms with Gasteiger partial charge in [-0.15, -0.1) is 0 Å². The predicted molar refractivity (Wildman–Crippen MR) is 333 cm³/mol. The third-order valence-electron chi connectivity index (χ3n) is 17.4. The van der Waals surface area contributed by atoms with Crippen molar-refractivity contribution in [1.82, 2.24) is 0 Å². The first-order valence-corrected chi connectivity index (χ1v) is 29.8. The number of para-hydroxylation sites is 2. The first-order valence-electron chi connectivity index (χ1n) is 27.8. The minimum absolute atomic E-state index is 0.0216. The largest absolute Gasteiger partial charge is 0.359 e. The standard InChI is InChI=1S/C74H68N2Si/c1-72(2,3)52-37-44-61-63(46-52)69(49-32-38-54(39-33-49)76-68-31-21-20-30-67(68)75-71(76)51-22-12-9-13-23-51)60-43-36-53(73(4,5)6)47-64(60)70(61)50-34-40-57(41-35-50)77(55-24-14-10-15-25-55,56-26-16-11-17-27-56)58-42-45-66-62(48-58)59-28-18-19-29-65(59)74(66,7)8/h9-10,12-16,18-48,71,75H,11,17H2,1-8H3. The van der Waals surface area contributed by atoms with E-state index < -0.39 is 8.07 Å². The molecule has 0 saturated carbocycles. The first kappa shape index (κ1) is 48.6. The molecule has 0 aromatic heterocycles. The smallest absolute Gasteiger partial charge is 0.179 e. The molecule has 1 N–H and O–H groups in total.